The molecule has 14 heteroatoms. The van der Waals surface area contributed by atoms with Gasteiger partial charge in [-0.25, -0.2) is 9.97 Å². The molecule has 1 amide bonds. The second-order valence-electron chi connectivity index (χ2n) is 19.6. The van der Waals surface area contributed by atoms with E-state index in [1.807, 2.05) is 41.9 Å². The maximum atomic E-state index is 13.9. The predicted octanol–water partition coefficient (Wildman–Crippen LogP) is 8.61. The van der Waals surface area contributed by atoms with Crippen LogP contribution in [-0.4, -0.2) is 83.1 Å². The lowest BCUT2D eigenvalue weighted by atomic mass is 9.80. The fourth-order valence-electron chi connectivity index (χ4n) is 12.6. The van der Waals surface area contributed by atoms with E-state index in [-0.39, 0.29) is 16.7 Å². The largest absolute Gasteiger partial charge is 0.481 e. The molecular formula is C47H55Cl2N7O5. The van der Waals surface area contributed by atoms with Gasteiger partial charge >= 0.3 is 11.9 Å². The fourth-order valence-corrected chi connectivity index (χ4v) is 13.2. The molecule has 322 valence electrons. The number of benzene rings is 2. The quantitative estimate of drug-likeness (QED) is 0.127. The molecule has 0 radical (unpaired) electrons. The number of rotatable bonds is 12. The molecule has 61 heavy (non-hydrogen) atoms. The maximum Gasteiger partial charge on any atom is 0.309 e. The molecule has 12 nitrogen and oxygen atoms in total. The highest BCUT2D eigenvalue weighted by molar-refractivity contribution is 6.39. The van der Waals surface area contributed by atoms with Crippen molar-refractivity contribution in [3.63, 3.8) is 0 Å². The Balaban J connectivity index is 0.811. The normalized spacial score (nSPS) is 28.0. The zero-order valence-electron chi connectivity index (χ0n) is 35.2. The van der Waals surface area contributed by atoms with Crippen molar-refractivity contribution in [2.45, 2.75) is 103 Å². The average molecular weight is 869 g/mol. The molecule has 6 aliphatic rings. The van der Waals surface area contributed by atoms with E-state index >= 15 is 0 Å². The first-order valence-electron chi connectivity index (χ1n) is 22.1. The van der Waals surface area contributed by atoms with Crippen molar-refractivity contribution in [2.24, 2.45) is 35.8 Å². The van der Waals surface area contributed by atoms with Crippen LogP contribution < -0.4 is 5.32 Å². The van der Waals surface area contributed by atoms with Crippen LogP contribution in [0.1, 0.15) is 110 Å². The van der Waals surface area contributed by atoms with E-state index in [1.165, 1.54) is 5.69 Å². The molecule has 0 saturated heterocycles. The van der Waals surface area contributed by atoms with E-state index < -0.39 is 22.8 Å². The summed E-state index contributed by atoms with van der Waals surface area (Å²) in [6.07, 6.45) is 12.6. The smallest absolute Gasteiger partial charge is 0.309 e. The number of aliphatic carboxylic acids is 2. The summed E-state index contributed by atoms with van der Waals surface area (Å²) in [7, 11) is 3.94. The molecule has 4 fully saturated rings. The van der Waals surface area contributed by atoms with Crippen molar-refractivity contribution in [3.05, 3.63) is 75.0 Å². The highest BCUT2D eigenvalue weighted by Crippen LogP contribution is 2.64. The number of imidazole rings is 2. The van der Waals surface area contributed by atoms with E-state index in [2.05, 4.69) is 26.7 Å². The van der Waals surface area contributed by atoms with Gasteiger partial charge in [0, 0.05) is 81.2 Å². The lowest BCUT2D eigenvalue weighted by Crippen LogP contribution is -2.34. The SMILES string of the molecule is Cn1c(C(=O)Nc2cccc(-c3cccc(-c4nc5c(n4C)CCN(CCC46CCC(C(=O)O)(CC4)C6)C5)c3Cl)c2Cl)nc2c1CCN(CCC13CCC(C(=O)O)(CC1)C3)C2. The van der Waals surface area contributed by atoms with Crippen LogP contribution in [0.3, 0.4) is 0 Å². The number of anilines is 1. The highest BCUT2D eigenvalue weighted by Gasteiger charge is 2.59. The molecule has 2 aliphatic heterocycles. The Morgan fingerprint density at radius 2 is 1.16 bits per heavy atom. The molecule has 0 atom stereocenters. The number of hydrogen-bond acceptors (Lipinski definition) is 7. The number of aromatic nitrogens is 4. The first-order chi connectivity index (χ1) is 29.2. The number of amides is 1. The standard InChI is InChI=1S/C47H55Cl2N7O5/c1-53-35-9-21-55(23-19-44-11-15-46(27-44,16-12-44)42(58)59)25-33(35)50-39(53)31-7-3-5-29(37(31)48)30-6-4-8-32(38(30)49)52-41(57)40-51-34-26-56(22-10-36(34)54(40)2)24-20-45-13-17-47(28-45,18-14-45)43(60)61/h3-8H,9-28H2,1-2H3,(H,52,57)(H,58,59)(H,60,61). The summed E-state index contributed by atoms with van der Waals surface area (Å²) >= 11 is 14.4. The lowest BCUT2D eigenvalue weighted by Gasteiger charge is -2.32. The van der Waals surface area contributed by atoms with E-state index in [1.54, 1.807) is 6.07 Å². The van der Waals surface area contributed by atoms with Gasteiger partial charge in [0.05, 0.1) is 38.0 Å². The van der Waals surface area contributed by atoms with E-state index in [9.17, 15) is 24.6 Å². The van der Waals surface area contributed by atoms with Gasteiger partial charge in [0.2, 0.25) is 0 Å². The van der Waals surface area contributed by atoms with Crippen molar-refractivity contribution in [2.75, 3.05) is 31.5 Å². The summed E-state index contributed by atoms with van der Waals surface area (Å²) in [6.45, 7) is 5.08. The molecule has 3 N–H and O–H groups in total. The third-order valence-corrected chi connectivity index (χ3v) is 17.3. The first-order valence-corrected chi connectivity index (χ1v) is 22.9. The summed E-state index contributed by atoms with van der Waals surface area (Å²) in [5, 5.41) is 23.7. The number of nitrogens with zero attached hydrogens (tertiary/aromatic N) is 6. The highest BCUT2D eigenvalue weighted by atomic mass is 35.5. The predicted molar refractivity (Wildman–Crippen MR) is 234 cm³/mol. The van der Waals surface area contributed by atoms with Crippen LogP contribution in [-0.2, 0) is 49.6 Å². The molecule has 2 aromatic carbocycles. The van der Waals surface area contributed by atoms with E-state index in [4.69, 9.17) is 33.2 Å². The molecular weight excluding hydrogens is 813 g/mol. The van der Waals surface area contributed by atoms with Gasteiger partial charge in [0.1, 0.15) is 5.82 Å². The summed E-state index contributed by atoms with van der Waals surface area (Å²) in [4.78, 5) is 52.7. The summed E-state index contributed by atoms with van der Waals surface area (Å²) in [5.41, 5.74) is 6.24. The second-order valence-corrected chi connectivity index (χ2v) is 20.4. The first kappa shape index (κ1) is 40.8. The minimum absolute atomic E-state index is 0.140. The molecule has 10 rings (SSSR count). The fraction of sp³-hybridized carbons (Fsp3) is 0.553. The van der Waals surface area contributed by atoms with Gasteiger partial charge in [-0.1, -0.05) is 47.5 Å². The van der Waals surface area contributed by atoms with E-state index in [0.29, 0.717) is 33.7 Å². The zero-order chi connectivity index (χ0) is 42.5. The minimum Gasteiger partial charge on any atom is -0.481 e. The molecule has 0 spiro atoms. The number of fused-ring (bicyclic) bond motifs is 6. The van der Waals surface area contributed by atoms with Gasteiger partial charge in [0.15, 0.2) is 5.82 Å². The lowest BCUT2D eigenvalue weighted by molar-refractivity contribution is -0.149. The van der Waals surface area contributed by atoms with Gasteiger partial charge in [0.25, 0.3) is 5.91 Å². The molecule has 2 aromatic heterocycles. The number of halogens is 2. The number of carboxylic acid groups (broad SMARTS) is 2. The Labute approximate surface area is 366 Å². The van der Waals surface area contributed by atoms with Crippen molar-refractivity contribution in [1.29, 1.82) is 0 Å². The third kappa shape index (κ3) is 6.82. The Morgan fingerprint density at radius 1 is 0.672 bits per heavy atom. The summed E-state index contributed by atoms with van der Waals surface area (Å²) in [5.74, 6) is -0.437. The number of carbonyl (C=O) groups excluding carboxylic acids is 1. The summed E-state index contributed by atoms with van der Waals surface area (Å²) < 4.78 is 4.06. The van der Waals surface area contributed by atoms with Gasteiger partial charge < -0.3 is 24.7 Å². The van der Waals surface area contributed by atoms with Crippen LogP contribution in [0, 0.1) is 21.7 Å². The number of nitrogens with one attached hydrogen (secondary N) is 1. The van der Waals surface area contributed by atoms with Crippen molar-refractivity contribution < 1.29 is 24.6 Å². The number of carbonyl (C=O) groups is 3. The molecule has 4 bridgehead atoms. The molecule has 4 heterocycles. The Kier molecular flexibility index (Phi) is 10.0. The average Bonchev–Trinajstić information content (AvgIpc) is 4.11. The third-order valence-electron chi connectivity index (χ3n) is 16.4. The maximum absolute atomic E-state index is 13.9. The summed E-state index contributed by atoms with van der Waals surface area (Å²) in [6, 6.07) is 11.4. The molecule has 0 unspecified atom stereocenters. The molecule has 4 aromatic rings. The second kappa shape index (κ2) is 15.0. The van der Waals surface area contributed by atoms with Crippen molar-refractivity contribution in [1.82, 2.24) is 28.9 Å². The zero-order valence-corrected chi connectivity index (χ0v) is 36.7. The number of carboxylic acids is 2. The Bertz CT molecular complexity index is 2460. The Morgan fingerprint density at radius 3 is 1.70 bits per heavy atom. The monoisotopic (exact) mass is 867 g/mol. The Hall–Kier alpha value is -4.23. The topological polar surface area (TPSA) is 146 Å². The van der Waals surface area contributed by atoms with Crippen LogP contribution in [0.15, 0.2) is 36.4 Å². The van der Waals surface area contributed by atoms with E-state index in [0.717, 1.165) is 157 Å². The van der Waals surface area contributed by atoms with Crippen molar-refractivity contribution >= 4 is 46.7 Å². The van der Waals surface area contributed by atoms with Crippen LogP contribution in [0.2, 0.25) is 10.0 Å². The molecule has 4 aliphatic carbocycles. The van der Waals surface area contributed by atoms with Gasteiger partial charge in [-0.3, -0.25) is 24.2 Å². The minimum atomic E-state index is -0.621. The van der Waals surface area contributed by atoms with Crippen molar-refractivity contribution in [3.8, 4) is 22.5 Å². The van der Waals surface area contributed by atoms with Crippen LogP contribution in [0.4, 0.5) is 5.69 Å². The van der Waals surface area contributed by atoms with Crippen LogP contribution >= 0.6 is 23.2 Å². The molecule has 4 saturated carbocycles. The van der Waals surface area contributed by atoms with Crippen LogP contribution in [0.5, 0.6) is 0 Å². The van der Waals surface area contributed by atoms with Gasteiger partial charge in [-0.05, 0) is 113 Å². The van der Waals surface area contributed by atoms with Gasteiger partial charge in [-0.15, -0.1) is 0 Å². The number of hydrogen-bond donors (Lipinski definition) is 3. The van der Waals surface area contributed by atoms with Crippen LogP contribution in [0.25, 0.3) is 22.5 Å². The van der Waals surface area contributed by atoms with Gasteiger partial charge in [-0.2, -0.15) is 0 Å².